The molecular formula is C16H29N3O2. The smallest absolute Gasteiger partial charge is 0.243 e. The van der Waals surface area contributed by atoms with Gasteiger partial charge in [0.2, 0.25) is 11.7 Å². The molecular weight excluding hydrogens is 266 g/mol. The van der Waals surface area contributed by atoms with Crippen molar-refractivity contribution in [2.75, 3.05) is 6.61 Å². The zero-order valence-corrected chi connectivity index (χ0v) is 13.6. The fraction of sp³-hybridized carbons (Fsp3) is 0.875. The van der Waals surface area contributed by atoms with Crippen LogP contribution in [0.5, 0.6) is 0 Å². The summed E-state index contributed by atoms with van der Waals surface area (Å²) in [6, 6.07) is -0.161. The lowest BCUT2D eigenvalue weighted by Crippen LogP contribution is -2.36. The maximum atomic E-state index is 6.13. The molecule has 1 aliphatic rings. The van der Waals surface area contributed by atoms with E-state index in [4.69, 9.17) is 15.0 Å². The van der Waals surface area contributed by atoms with E-state index in [1.807, 2.05) is 6.92 Å². The number of unbranched alkanes of at least 4 members (excludes halogenated alkanes) is 1. The van der Waals surface area contributed by atoms with Crippen LogP contribution in [0.2, 0.25) is 0 Å². The molecule has 21 heavy (non-hydrogen) atoms. The van der Waals surface area contributed by atoms with E-state index in [0.717, 1.165) is 38.5 Å². The molecule has 0 radical (unpaired) electrons. The predicted molar refractivity (Wildman–Crippen MR) is 81.7 cm³/mol. The van der Waals surface area contributed by atoms with Crippen LogP contribution in [0.3, 0.4) is 0 Å². The fourth-order valence-corrected chi connectivity index (χ4v) is 3.30. The van der Waals surface area contributed by atoms with Crippen LogP contribution in [0.15, 0.2) is 4.52 Å². The molecule has 0 saturated heterocycles. The molecule has 0 amide bonds. The van der Waals surface area contributed by atoms with Gasteiger partial charge in [0.15, 0.2) is 0 Å². The van der Waals surface area contributed by atoms with Gasteiger partial charge in [-0.3, -0.25) is 0 Å². The van der Waals surface area contributed by atoms with Crippen LogP contribution in [0.4, 0.5) is 0 Å². The molecule has 0 aromatic carbocycles. The van der Waals surface area contributed by atoms with E-state index >= 15 is 0 Å². The molecule has 5 heteroatoms. The van der Waals surface area contributed by atoms with Gasteiger partial charge in [-0.25, -0.2) is 0 Å². The van der Waals surface area contributed by atoms with Crippen molar-refractivity contribution in [2.45, 2.75) is 77.4 Å². The molecule has 0 spiro atoms. The van der Waals surface area contributed by atoms with Gasteiger partial charge in [-0.15, -0.1) is 0 Å². The number of aromatic nitrogens is 2. The Kier molecular flexibility index (Phi) is 5.76. The van der Waals surface area contributed by atoms with Crippen LogP contribution < -0.4 is 5.73 Å². The molecule has 1 fully saturated rings. The predicted octanol–water partition coefficient (Wildman–Crippen LogP) is 3.70. The van der Waals surface area contributed by atoms with E-state index in [9.17, 15) is 0 Å². The maximum Gasteiger partial charge on any atom is 0.243 e. The summed E-state index contributed by atoms with van der Waals surface area (Å²) in [5.74, 6) is 1.87. The van der Waals surface area contributed by atoms with Gasteiger partial charge < -0.3 is 15.0 Å². The quantitative estimate of drug-likeness (QED) is 0.830. The third-order valence-electron chi connectivity index (χ3n) is 4.41. The molecule has 0 aliphatic heterocycles. The van der Waals surface area contributed by atoms with Gasteiger partial charge in [-0.1, -0.05) is 38.3 Å². The number of nitrogens with zero attached hydrogens (tertiary/aromatic N) is 2. The number of nitrogens with two attached hydrogens (primary N) is 1. The summed E-state index contributed by atoms with van der Waals surface area (Å²) in [5, 5.41) is 4.20. The van der Waals surface area contributed by atoms with Crippen LogP contribution in [0, 0.1) is 5.92 Å². The lowest BCUT2D eigenvalue weighted by atomic mass is 9.78. The lowest BCUT2D eigenvalue weighted by Gasteiger charge is -2.37. The Bertz CT molecular complexity index is 431. The van der Waals surface area contributed by atoms with E-state index in [1.54, 1.807) is 0 Å². The molecule has 1 heterocycles. The largest absolute Gasteiger partial charge is 0.367 e. The van der Waals surface area contributed by atoms with Gasteiger partial charge in [0.25, 0.3) is 0 Å². The number of rotatable bonds is 7. The van der Waals surface area contributed by atoms with Crippen molar-refractivity contribution in [3.8, 4) is 0 Å². The van der Waals surface area contributed by atoms with E-state index in [2.05, 4.69) is 24.0 Å². The molecule has 1 aromatic heterocycles. The highest BCUT2D eigenvalue weighted by atomic mass is 16.5. The molecule has 120 valence electrons. The molecule has 3 atom stereocenters. The third kappa shape index (κ3) is 3.83. The van der Waals surface area contributed by atoms with Crippen LogP contribution in [0.1, 0.15) is 83.5 Å². The van der Waals surface area contributed by atoms with Crippen LogP contribution in [-0.2, 0) is 10.3 Å². The van der Waals surface area contributed by atoms with Crippen LogP contribution in [-0.4, -0.2) is 16.7 Å². The lowest BCUT2D eigenvalue weighted by molar-refractivity contribution is -0.0891. The zero-order valence-electron chi connectivity index (χ0n) is 13.6. The summed E-state index contributed by atoms with van der Waals surface area (Å²) in [6.45, 7) is 7.11. The Balaban J connectivity index is 2.16. The molecule has 1 saturated carbocycles. The van der Waals surface area contributed by atoms with Gasteiger partial charge in [0.05, 0.1) is 6.04 Å². The summed E-state index contributed by atoms with van der Waals surface area (Å²) in [5.41, 5.74) is 5.75. The zero-order chi connectivity index (χ0) is 15.3. The van der Waals surface area contributed by atoms with Crippen molar-refractivity contribution in [2.24, 2.45) is 11.7 Å². The van der Waals surface area contributed by atoms with Crippen molar-refractivity contribution in [3.05, 3.63) is 11.7 Å². The normalized spacial score (nSPS) is 27.7. The second kappa shape index (κ2) is 7.36. The minimum absolute atomic E-state index is 0.161. The van der Waals surface area contributed by atoms with Crippen LogP contribution >= 0.6 is 0 Å². The van der Waals surface area contributed by atoms with Crippen LogP contribution in [0.25, 0.3) is 0 Å². The standard InChI is InChI=1S/C16H29N3O2/c1-4-6-9-13(17)14-18-15(19-21-14)16(20-5-2)10-7-8-12(3)11-16/h12-13H,4-11,17H2,1-3H3/t12?,13-,16?/m0/s1. The summed E-state index contributed by atoms with van der Waals surface area (Å²) < 4.78 is 11.5. The first-order valence-corrected chi connectivity index (χ1v) is 8.35. The van der Waals surface area contributed by atoms with Gasteiger partial charge in [-0.05, 0) is 38.5 Å². The summed E-state index contributed by atoms with van der Waals surface area (Å²) in [4.78, 5) is 4.58. The average Bonchev–Trinajstić information content (AvgIpc) is 2.95. The van der Waals surface area contributed by atoms with Gasteiger partial charge in [-0.2, -0.15) is 4.98 Å². The number of hydrogen-bond donors (Lipinski definition) is 1. The van der Waals surface area contributed by atoms with Crippen molar-refractivity contribution in [1.29, 1.82) is 0 Å². The summed E-state index contributed by atoms with van der Waals surface area (Å²) >= 11 is 0. The van der Waals surface area contributed by atoms with E-state index < -0.39 is 0 Å². The minimum Gasteiger partial charge on any atom is -0.367 e. The van der Waals surface area contributed by atoms with E-state index in [0.29, 0.717) is 24.2 Å². The molecule has 1 aromatic rings. The Morgan fingerprint density at radius 2 is 2.29 bits per heavy atom. The fourth-order valence-electron chi connectivity index (χ4n) is 3.30. The second-order valence-corrected chi connectivity index (χ2v) is 6.33. The first-order chi connectivity index (χ1) is 10.1. The Morgan fingerprint density at radius 1 is 1.48 bits per heavy atom. The summed E-state index contributed by atoms with van der Waals surface area (Å²) in [6.07, 6.45) is 7.40. The molecule has 2 unspecified atom stereocenters. The molecule has 2 N–H and O–H groups in total. The van der Waals surface area contributed by atoms with Gasteiger partial charge in [0, 0.05) is 6.61 Å². The summed E-state index contributed by atoms with van der Waals surface area (Å²) in [7, 11) is 0. The Labute approximate surface area is 127 Å². The second-order valence-electron chi connectivity index (χ2n) is 6.33. The first-order valence-electron chi connectivity index (χ1n) is 8.35. The molecule has 1 aliphatic carbocycles. The Hall–Kier alpha value is -0.940. The van der Waals surface area contributed by atoms with E-state index in [-0.39, 0.29) is 11.6 Å². The maximum absolute atomic E-state index is 6.13. The van der Waals surface area contributed by atoms with Gasteiger partial charge >= 0.3 is 0 Å². The highest BCUT2D eigenvalue weighted by Gasteiger charge is 2.41. The highest BCUT2D eigenvalue weighted by molar-refractivity contribution is 5.05. The highest BCUT2D eigenvalue weighted by Crippen LogP contribution is 2.41. The first kappa shape index (κ1) is 16.4. The molecule has 0 bridgehead atoms. The minimum atomic E-state index is -0.376. The number of hydrogen-bond acceptors (Lipinski definition) is 5. The van der Waals surface area contributed by atoms with E-state index in [1.165, 1.54) is 6.42 Å². The van der Waals surface area contributed by atoms with Crippen molar-refractivity contribution in [3.63, 3.8) is 0 Å². The van der Waals surface area contributed by atoms with Gasteiger partial charge in [0.1, 0.15) is 5.60 Å². The topological polar surface area (TPSA) is 74.2 Å². The number of ether oxygens (including phenoxy) is 1. The van der Waals surface area contributed by atoms with Crippen molar-refractivity contribution >= 4 is 0 Å². The third-order valence-corrected chi connectivity index (χ3v) is 4.41. The monoisotopic (exact) mass is 295 g/mol. The van der Waals surface area contributed by atoms with Crippen molar-refractivity contribution < 1.29 is 9.26 Å². The SMILES string of the molecule is CCCC[C@H](N)c1nc(C2(OCC)CCCC(C)C2)no1. The Morgan fingerprint density at radius 3 is 2.95 bits per heavy atom. The molecule has 2 rings (SSSR count). The average molecular weight is 295 g/mol. The van der Waals surface area contributed by atoms with Crippen molar-refractivity contribution in [1.82, 2.24) is 10.1 Å². The molecule has 5 nitrogen and oxygen atoms in total.